The summed E-state index contributed by atoms with van der Waals surface area (Å²) < 4.78 is 5.32. The molecule has 0 aliphatic heterocycles. The van der Waals surface area contributed by atoms with Gasteiger partial charge in [0.15, 0.2) is 0 Å². The smallest absolute Gasteiger partial charge is 0.312 e. The molecule has 1 heterocycles. The van der Waals surface area contributed by atoms with E-state index < -0.39 is 0 Å². The first-order valence-electron chi connectivity index (χ1n) is 5.06. The van der Waals surface area contributed by atoms with E-state index in [0.29, 0.717) is 5.89 Å². The molecular weight excluding hydrogens is 226 g/mol. The highest BCUT2D eigenvalue weighted by Crippen LogP contribution is 2.53. The van der Waals surface area contributed by atoms with E-state index in [9.17, 15) is 0 Å². The average molecular weight is 236 g/mol. The third-order valence-corrected chi connectivity index (χ3v) is 3.21. The number of hydrogen-bond donors (Lipinski definition) is 1. The van der Waals surface area contributed by atoms with Gasteiger partial charge in [0.05, 0.1) is 5.41 Å². The van der Waals surface area contributed by atoms with Crippen LogP contribution in [0.5, 0.6) is 0 Å². The second-order valence-electron chi connectivity index (χ2n) is 4.04. The van der Waals surface area contributed by atoms with Gasteiger partial charge in [-0.2, -0.15) is 0 Å². The molecule has 2 aromatic rings. The summed E-state index contributed by atoms with van der Waals surface area (Å²) in [6.07, 6.45) is 1.99. The van der Waals surface area contributed by atoms with E-state index in [1.165, 1.54) is 0 Å². The van der Waals surface area contributed by atoms with Gasteiger partial charge in [-0.15, -0.1) is 5.10 Å². The van der Waals surface area contributed by atoms with E-state index in [2.05, 4.69) is 10.2 Å². The molecule has 4 nitrogen and oxygen atoms in total. The highest BCUT2D eigenvalue weighted by atomic mass is 35.5. The molecule has 1 aliphatic carbocycles. The molecule has 1 aromatic carbocycles. The molecule has 2 N–H and O–H groups in total. The maximum absolute atomic E-state index is 5.98. The number of rotatable bonds is 2. The minimum Gasteiger partial charge on any atom is -0.407 e. The largest absolute Gasteiger partial charge is 0.407 e. The van der Waals surface area contributed by atoms with Crippen LogP contribution in [-0.4, -0.2) is 10.2 Å². The lowest BCUT2D eigenvalue weighted by atomic mass is 9.96. The van der Waals surface area contributed by atoms with Crippen molar-refractivity contribution in [3.63, 3.8) is 0 Å². The Bertz CT molecular complexity index is 534. The van der Waals surface area contributed by atoms with Gasteiger partial charge in [-0.3, -0.25) is 0 Å². The van der Waals surface area contributed by atoms with Gasteiger partial charge in [0, 0.05) is 5.02 Å². The number of nitrogens with two attached hydrogens (primary N) is 1. The lowest BCUT2D eigenvalue weighted by Crippen LogP contribution is -2.09. The topological polar surface area (TPSA) is 64.9 Å². The molecule has 5 heteroatoms. The predicted octanol–water partition coefficient (Wildman–Crippen LogP) is 2.39. The number of nitrogens with zero attached hydrogens (tertiary/aromatic N) is 2. The molecular formula is C11H10ClN3O. The minimum atomic E-state index is -0.157. The predicted molar refractivity (Wildman–Crippen MR) is 60.2 cm³/mol. The zero-order valence-corrected chi connectivity index (χ0v) is 9.24. The molecule has 0 saturated heterocycles. The minimum absolute atomic E-state index is 0.114. The highest BCUT2D eigenvalue weighted by Gasteiger charge is 2.50. The quantitative estimate of drug-likeness (QED) is 0.868. The Labute approximate surface area is 97.4 Å². The van der Waals surface area contributed by atoms with Gasteiger partial charge < -0.3 is 10.2 Å². The van der Waals surface area contributed by atoms with Crippen molar-refractivity contribution in [1.82, 2.24) is 10.2 Å². The Kier molecular flexibility index (Phi) is 1.94. The van der Waals surface area contributed by atoms with Gasteiger partial charge in [0.25, 0.3) is 0 Å². The van der Waals surface area contributed by atoms with Crippen LogP contribution in [-0.2, 0) is 5.41 Å². The Morgan fingerprint density at radius 3 is 2.69 bits per heavy atom. The van der Waals surface area contributed by atoms with Crippen LogP contribution in [0.4, 0.5) is 6.01 Å². The van der Waals surface area contributed by atoms with Crippen molar-refractivity contribution < 1.29 is 4.42 Å². The van der Waals surface area contributed by atoms with Crippen LogP contribution in [0.25, 0.3) is 0 Å². The molecule has 3 rings (SSSR count). The van der Waals surface area contributed by atoms with E-state index in [1.807, 2.05) is 24.3 Å². The third-order valence-electron chi connectivity index (χ3n) is 2.98. The highest BCUT2D eigenvalue weighted by molar-refractivity contribution is 6.30. The Balaban J connectivity index is 2.06. The Morgan fingerprint density at radius 2 is 2.12 bits per heavy atom. The molecule has 0 unspecified atom stereocenters. The number of halogens is 1. The van der Waals surface area contributed by atoms with Gasteiger partial charge in [0.1, 0.15) is 0 Å². The Morgan fingerprint density at radius 1 is 1.31 bits per heavy atom. The van der Waals surface area contributed by atoms with E-state index in [4.69, 9.17) is 21.8 Å². The lowest BCUT2D eigenvalue weighted by Gasteiger charge is -2.10. The van der Waals surface area contributed by atoms with E-state index in [-0.39, 0.29) is 11.4 Å². The van der Waals surface area contributed by atoms with Crippen molar-refractivity contribution in [2.45, 2.75) is 18.3 Å². The fourth-order valence-electron chi connectivity index (χ4n) is 1.97. The standard InChI is InChI=1S/C11H10ClN3O/c12-8-3-1-2-7(6-8)11(4-5-11)9-14-15-10(13)16-9/h1-3,6H,4-5H2,(H2,13,15). The van der Waals surface area contributed by atoms with Crippen LogP contribution in [0.2, 0.25) is 5.02 Å². The monoisotopic (exact) mass is 235 g/mol. The summed E-state index contributed by atoms with van der Waals surface area (Å²) in [6, 6.07) is 7.86. The van der Waals surface area contributed by atoms with Crippen LogP contribution in [0.3, 0.4) is 0 Å². The third kappa shape index (κ3) is 1.38. The molecule has 0 atom stereocenters. The molecule has 1 aromatic heterocycles. The molecule has 16 heavy (non-hydrogen) atoms. The van der Waals surface area contributed by atoms with E-state index in [1.54, 1.807) is 0 Å². The zero-order valence-electron chi connectivity index (χ0n) is 8.48. The van der Waals surface area contributed by atoms with Crippen LogP contribution in [0.1, 0.15) is 24.3 Å². The van der Waals surface area contributed by atoms with Gasteiger partial charge in [-0.25, -0.2) is 0 Å². The second-order valence-corrected chi connectivity index (χ2v) is 4.47. The summed E-state index contributed by atoms with van der Waals surface area (Å²) in [4.78, 5) is 0. The molecule has 1 aliphatic rings. The van der Waals surface area contributed by atoms with Gasteiger partial charge in [0.2, 0.25) is 5.89 Å². The first-order chi connectivity index (χ1) is 7.71. The molecule has 0 bridgehead atoms. The van der Waals surface area contributed by atoms with Crippen LogP contribution in [0, 0.1) is 0 Å². The molecule has 1 saturated carbocycles. The zero-order chi connectivity index (χ0) is 11.2. The fraction of sp³-hybridized carbons (Fsp3) is 0.273. The summed E-state index contributed by atoms with van der Waals surface area (Å²) in [5, 5.41) is 8.39. The normalized spacial score (nSPS) is 17.3. The van der Waals surface area contributed by atoms with Crippen molar-refractivity contribution in [2.24, 2.45) is 0 Å². The number of benzene rings is 1. The van der Waals surface area contributed by atoms with Crippen molar-refractivity contribution in [3.8, 4) is 0 Å². The summed E-state index contributed by atoms with van der Waals surface area (Å²) in [5.74, 6) is 0.590. The van der Waals surface area contributed by atoms with Gasteiger partial charge >= 0.3 is 6.01 Å². The molecule has 82 valence electrons. The first kappa shape index (κ1) is 9.66. The Hall–Kier alpha value is -1.55. The number of aromatic nitrogens is 2. The maximum Gasteiger partial charge on any atom is 0.312 e. The number of nitrogen functional groups attached to an aromatic ring is 1. The van der Waals surface area contributed by atoms with Crippen molar-refractivity contribution in [2.75, 3.05) is 5.73 Å². The summed E-state index contributed by atoms with van der Waals surface area (Å²) in [6.45, 7) is 0. The average Bonchev–Trinajstić information content (AvgIpc) is 2.97. The summed E-state index contributed by atoms with van der Waals surface area (Å²) in [7, 11) is 0. The summed E-state index contributed by atoms with van der Waals surface area (Å²) >= 11 is 5.98. The van der Waals surface area contributed by atoms with Gasteiger partial charge in [-0.05, 0) is 30.5 Å². The van der Waals surface area contributed by atoms with Gasteiger partial charge in [-0.1, -0.05) is 28.8 Å². The second kappa shape index (κ2) is 3.22. The van der Waals surface area contributed by atoms with Crippen molar-refractivity contribution >= 4 is 17.6 Å². The SMILES string of the molecule is Nc1nnc(C2(c3cccc(Cl)c3)CC2)o1. The molecule has 0 radical (unpaired) electrons. The molecule has 0 spiro atoms. The molecule has 0 amide bonds. The lowest BCUT2D eigenvalue weighted by molar-refractivity contribution is 0.476. The van der Waals surface area contributed by atoms with Crippen LogP contribution in [0.15, 0.2) is 28.7 Å². The number of anilines is 1. The summed E-state index contributed by atoms with van der Waals surface area (Å²) in [5.41, 5.74) is 6.40. The van der Waals surface area contributed by atoms with Crippen molar-refractivity contribution in [3.05, 3.63) is 40.7 Å². The fourth-order valence-corrected chi connectivity index (χ4v) is 2.16. The van der Waals surface area contributed by atoms with E-state index in [0.717, 1.165) is 23.4 Å². The van der Waals surface area contributed by atoms with E-state index >= 15 is 0 Å². The maximum atomic E-state index is 5.98. The first-order valence-corrected chi connectivity index (χ1v) is 5.44. The number of hydrogen-bond acceptors (Lipinski definition) is 4. The van der Waals surface area contributed by atoms with Crippen LogP contribution >= 0.6 is 11.6 Å². The van der Waals surface area contributed by atoms with Crippen LogP contribution < -0.4 is 5.73 Å². The molecule has 1 fully saturated rings. The van der Waals surface area contributed by atoms with Crippen molar-refractivity contribution in [1.29, 1.82) is 0 Å².